The molecule has 9 nitrogen and oxygen atoms in total. The van der Waals surface area contributed by atoms with Gasteiger partial charge < -0.3 is 14.5 Å². The SMILES string of the molecule is CCc1noc(NC(=O)C2CC(=O)N(Cc3ccccn3)C2)c1-c1ccc(F)cc1.O=CO. The van der Waals surface area contributed by atoms with Gasteiger partial charge in [-0.15, -0.1) is 0 Å². The van der Waals surface area contributed by atoms with Gasteiger partial charge in [0.15, 0.2) is 0 Å². The van der Waals surface area contributed by atoms with Gasteiger partial charge in [-0.2, -0.15) is 0 Å². The third-order valence-corrected chi connectivity index (χ3v) is 5.13. The Balaban J connectivity index is 0.000000968. The molecule has 0 saturated carbocycles. The minimum absolute atomic E-state index is 0.0913. The van der Waals surface area contributed by atoms with E-state index in [0.29, 0.717) is 36.3 Å². The van der Waals surface area contributed by atoms with Crippen molar-refractivity contribution in [2.24, 2.45) is 5.92 Å². The number of carboxylic acid groups (broad SMARTS) is 1. The molecule has 4 rings (SSSR count). The van der Waals surface area contributed by atoms with Crippen LogP contribution in [0.1, 0.15) is 24.7 Å². The molecular weight excluding hydrogens is 431 g/mol. The van der Waals surface area contributed by atoms with Crippen molar-refractivity contribution >= 4 is 24.2 Å². The normalized spacial score (nSPS) is 15.0. The van der Waals surface area contributed by atoms with Gasteiger partial charge in [0.05, 0.1) is 29.4 Å². The van der Waals surface area contributed by atoms with Gasteiger partial charge in [-0.1, -0.05) is 30.3 Å². The molecule has 1 aliphatic heterocycles. The maximum atomic E-state index is 13.3. The lowest BCUT2D eigenvalue weighted by atomic mass is 10.0. The summed E-state index contributed by atoms with van der Waals surface area (Å²) in [6.45, 7) is 2.34. The molecule has 1 unspecified atom stereocenters. The summed E-state index contributed by atoms with van der Waals surface area (Å²) in [5, 5.41) is 13.7. The van der Waals surface area contributed by atoms with Gasteiger partial charge >= 0.3 is 0 Å². The van der Waals surface area contributed by atoms with E-state index in [2.05, 4.69) is 15.5 Å². The van der Waals surface area contributed by atoms with E-state index in [9.17, 15) is 14.0 Å². The Labute approximate surface area is 189 Å². The number of halogens is 1. The highest BCUT2D eigenvalue weighted by molar-refractivity contribution is 5.98. The van der Waals surface area contributed by atoms with Crippen LogP contribution in [-0.4, -0.2) is 45.0 Å². The number of anilines is 1. The minimum Gasteiger partial charge on any atom is -0.483 e. The number of hydrogen-bond donors (Lipinski definition) is 2. The molecule has 1 saturated heterocycles. The average molecular weight is 454 g/mol. The number of nitrogens with one attached hydrogen (secondary N) is 1. The molecule has 1 fully saturated rings. The predicted molar refractivity (Wildman–Crippen MR) is 116 cm³/mol. The molecule has 10 heteroatoms. The number of aromatic nitrogens is 2. The van der Waals surface area contributed by atoms with E-state index in [1.165, 1.54) is 12.1 Å². The fourth-order valence-electron chi connectivity index (χ4n) is 3.57. The number of carbonyl (C=O) groups is 3. The van der Waals surface area contributed by atoms with Crippen molar-refractivity contribution in [3.63, 3.8) is 0 Å². The number of amides is 2. The van der Waals surface area contributed by atoms with E-state index in [4.69, 9.17) is 14.4 Å². The molecule has 1 atom stereocenters. The second kappa shape index (κ2) is 11.0. The van der Waals surface area contributed by atoms with Crippen LogP contribution < -0.4 is 5.32 Å². The van der Waals surface area contributed by atoms with Crippen molar-refractivity contribution in [3.05, 3.63) is 65.9 Å². The highest BCUT2D eigenvalue weighted by Crippen LogP contribution is 2.33. The Morgan fingerprint density at radius 1 is 1.30 bits per heavy atom. The lowest BCUT2D eigenvalue weighted by Crippen LogP contribution is -2.28. The molecule has 2 N–H and O–H groups in total. The number of hydrogen-bond acceptors (Lipinski definition) is 6. The molecule has 2 aromatic heterocycles. The van der Waals surface area contributed by atoms with Crippen LogP contribution in [0.5, 0.6) is 0 Å². The zero-order chi connectivity index (χ0) is 23.8. The van der Waals surface area contributed by atoms with Crippen LogP contribution in [0.2, 0.25) is 0 Å². The topological polar surface area (TPSA) is 126 Å². The van der Waals surface area contributed by atoms with E-state index < -0.39 is 5.92 Å². The van der Waals surface area contributed by atoms with Gasteiger partial charge in [-0.3, -0.25) is 24.7 Å². The second-order valence-electron chi connectivity index (χ2n) is 7.28. The Hall–Kier alpha value is -4.08. The monoisotopic (exact) mass is 454 g/mol. The molecule has 2 amide bonds. The van der Waals surface area contributed by atoms with E-state index in [1.54, 1.807) is 23.2 Å². The van der Waals surface area contributed by atoms with Gasteiger partial charge in [0.25, 0.3) is 6.47 Å². The smallest absolute Gasteiger partial charge is 0.290 e. The van der Waals surface area contributed by atoms with E-state index in [1.807, 2.05) is 25.1 Å². The lowest BCUT2D eigenvalue weighted by Gasteiger charge is -2.15. The summed E-state index contributed by atoms with van der Waals surface area (Å²) in [7, 11) is 0. The highest BCUT2D eigenvalue weighted by atomic mass is 19.1. The molecule has 1 aromatic carbocycles. The van der Waals surface area contributed by atoms with Crippen LogP contribution in [0.15, 0.2) is 53.2 Å². The summed E-state index contributed by atoms with van der Waals surface area (Å²) in [4.78, 5) is 39.4. The van der Waals surface area contributed by atoms with Crippen molar-refractivity contribution in [2.75, 3.05) is 11.9 Å². The molecule has 3 heterocycles. The molecule has 0 aliphatic carbocycles. The van der Waals surface area contributed by atoms with Crippen LogP contribution in [0.3, 0.4) is 0 Å². The van der Waals surface area contributed by atoms with E-state index >= 15 is 0 Å². The zero-order valence-corrected chi connectivity index (χ0v) is 17.9. The first-order valence-corrected chi connectivity index (χ1v) is 10.3. The Bertz CT molecular complexity index is 1100. The van der Waals surface area contributed by atoms with Crippen LogP contribution in [-0.2, 0) is 27.3 Å². The molecule has 1 aliphatic rings. The van der Waals surface area contributed by atoms with Crippen LogP contribution in [0.25, 0.3) is 11.1 Å². The van der Waals surface area contributed by atoms with Crippen molar-refractivity contribution in [2.45, 2.75) is 26.3 Å². The first-order chi connectivity index (χ1) is 16.0. The Kier molecular flexibility index (Phi) is 7.85. The molecule has 0 spiro atoms. The number of pyridine rings is 1. The quantitative estimate of drug-likeness (QED) is 0.548. The standard InChI is InChI=1S/C22H21FN4O3.CH2O2/c1-2-18-20(14-6-8-16(23)9-7-14)22(30-26-18)25-21(29)15-11-19(28)27(12-15)13-17-5-3-4-10-24-17;2-1-3/h3-10,15H,2,11-13H2,1H3,(H,25,29);1H,(H,2,3). The molecule has 172 valence electrons. The van der Waals surface area contributed by atoms with Crippen molar-refractivity contribution in [3.8, 4) is 11.1 Å². The van der Waals surface area contributed by atoms with Crippen LogP contribution in [0.4, 0.5) is 10.3 Å². The third-order valence-electron chi connectivity index (χ3n) is 5.13. The molecule has 0 radical (unpaired) electrons. The second-order valence-corrected chi connectivity index (χ2v) is 7.28. The van der Waals surface area contributed by atoms with Crippen molar-refractivity contribution in [1.29, 1.82) is 0 Å². The van der Waals surface area contributed by atoms with E-state index in [0.717, 1.165) is 5.69 Å². The van der Waals surface area contributed by atoms with Crippen LogP contribution >= 0.6 is 0 Å². The van der Waals surface area contributed by atoms with Crippen molar-refractivity contribution < 1.29 is 28.4 Å². The van der Waals surface area contributed by atoms with E-state index in [-0.39, 0.29) is 36.4 Å². The Morgan fingerprint density at radius 3 is 2.67 bits per heavy atom. The fraction of sp³-hybridized carbons (Fsp3) is 0.261. The van der Waals surface area contributed by atoms with Gasteiger partial charge in [-0.05, 0) is 36.2 Å². The first kappa shape index (κ1) is 23.6. The third kappa shape index (κ3) is 5.79. The number of rotatable bonds is 6. The van der Waals surface area contributed by atoms with Gasteiger partial charge in [0, 0.05) is 19.2 Å². The first-order valence-electron chi connectivity index (χ1n) is 10.3. The average Bonchev–Trinajstić information content (AvgIpc) is 3.39. The fourth-order valence-corrected chi connectivity index (χ4v) is 3.57. The number of nitrogens with zero attached hydrogens (tertiary/aromatic N) is 3. The molecule has 33 heavy (non-hydrogen) atoms. The lowest BCUT2D eigenvalue weighted by molar-refractivity contribution is -0.128. The van der Waals surface area contributed by atoms with Gasteiger partial charge in [0.2, 0.25) is 17.7 Å². The number of benzene rings is 1. The maximum absolute atomic E-state index is 13.3. The summed E-state index contributed by atoms with van der Waals surface area (Å²) in [5.74, 6) is -1.05. The van der Waals surface area contributed by atoms with Crippen molar-refractivity contribution in [1.82, 2.24) is 15.0 Å². The Morgan fingerprint density at radius 2 is 2.03 bits per heavy atom. The van der Waals surface area contributed by atoms with Gasteiger partial charge in [0.1, 0.15) is 5.82 Å². The zero-order valence-electron chi connectivity index (χ0n) is 17.9. The summed E-state index contributed by atoms with van der Waals surface area (Å²) in [6.07, 6.45) is 2.39. The predicted octanol–water partition coefficient (Wildman–Crippen LogP) is 3.13. The maximum Gasteiger partial charge on any atom is 0.290 e. The molecule has 0 bridgehead atoms. The minimum atomic E-state index is -0.502. The summed E-state index contributed by atoms with van der Waals surface area (Å²) >= 11 is 0. The largest absolute Gasteiger partial charge is 0.483 e. The summed E-state index contributed by atoms with van der Waals surface area (Å²) in [5.41, 5.74) is 2.76. The number of carbonyl (C=O) groups excluding carboxylic acids is 2. The number of aryl methyl sites for hydroxylation is 1. The molecule has 3 aromatic rings. The summed E-state index contributed by atoms with van der Waals surface area (Å²) < 4.78 is 18.7. The number of likely N-dealkylation sites (tertiary alicyclic amines) is 1. The molecular formula is C23H23FN4O5. The van der Waals surface area contributed by atoms with Gasteiger partial charge in [-0.25, -0.2) is 4.39 Å². The highest BCUT2D eigenvalue weighted by Gasteiger charge is 2.35. The summed E-state index contributed by atoms with van der Waals surface area (Å²) in [6, 6.07) is 11.4. The van der Waals surface area contributed by atoms with Crippen LogP contribution in [0, 0.1) is 11.7 Å².